The Morgan fingerprint density at radius 1 is 0.900 bits per heavy atom. The van der Waals surface area contributed by atoms with E-state index >= 15 is 0 Å². The molecule has 6 heteroatoms. The first-order valence-electron chi connectivity index (χ1n) is 10.2. The van der Waals surface area contributed by atoms with E-state index in [2.05, 4.69) is 6.92 Å². The summed E-state index contributed by atoms with van der Waals surface area (Å²) in [6.07, 6.45) is 2.01. The summed E-state index contributed by atoms with van der Waals surface area (Å²) in [4.78, 5) is 0. The molecular formula is C24H24F6. The monoisotopic (exact) mass is 426 g/mol. The molecular weight excluding hydrogens is 402 g/mol. The highest BCUT2D eigenvalue weighted by Crippen LogP contribution is 2.39. The quantitative estimate of drug-likeness (QED) is 0.421. The maximum absolute atomic E-state index is 14.7. The van der Waals surface area contributed by atoms with Crippen molar-refractivity contribution in [2.75, 3.05) is 0 Å². The third-order valence-corrected chi connectivity index (χ3v) is 5.84. The summed E-state index contributed by atoms with van der Waals surface area (Å²) in [6.45, 7) is 2.17. The second-order valence-electron chi connectivity index (χ2n) is 7.97. The number of allylic oxidation sites excluding steroid dienone is 1. The lowest BCUT2D eigenvalue weighted by Crippen LogP contribution is -2.13. The van der Waals surface area contributed by atoms with Crippen molar-refractivity contribution < 1.29 is 26.3 Å². The average Bonchev–Trinajstić information content (AvgIpc) is 2.67. The Bertz CT molecular complexity index is 881. The largest absolute Gasteiger partial charge is 0.409 e. The van der Waals surface area contributed by atoms with Crippen LogP contribution in [0.2, 0.25) is 0 Å². The molecule has 1 fully saturated rings. The van der Waals surface area contributed by atoms with Gasteiger partial charge in [0.05, 0.1) is 0 Å². The molecule has 0 N–H and O–H groups in total. The van der Waals surface area contributed by atoms with Gasteiger partial charge in [-0.15, -0.1) is 0 Å². The van der Waals surface area contributed by atoms with E-state index in [0.29, 0.717) is 6.08 Å². The maximum Gasteiger partial charge on any atom is 0.409 e. The molecule has 0 unspecified atom stereocenters. The fourth-order valence-corrected chi connectivity index (χ4v) is 4.29. The van der Waals surface area contributed by atoms with Gasteiger partial charge in [-0.1, -0.05) is 31.9 Å². The van der Waals surface area contributed by atoms with Crippen LogP contribution in [0.15, 0.2) is 36.4 Å². The first kappa shape index (κ1) is 22.4. The zero-order valence-corrected chi connectivity index (χ0v) is 16.7. The predicted octanol–water partition coefficient (Wildman–Crippen LogP) is 8.42. The minimum Gasteiger partial charge on any atom is -0.206 e. The highest BCUT2D eigenvalue weighted by atomic mass is 19.4. The zero-order chi connectivity index (χ0) is 21.9. The van der Waals surface area contributed by atoms with E-state index in [-0.39, 0.29) is 23.1 Å². The Kier molecular flexibility index (Phi) is 6.94. The summed E-state index contributed by atoms with van der Waals surface area (Å²) in [5, 5.41) is 0. The van der Waals surface area contributed by atoms with Crippen LogP contribution in [0, 0.1) is 23.4 Å². The van der Waals surface area contributed by atoms with Gasteiger partial charge in [0, 0.05) is 17.2 Å². The van der Waals surface area contributed by atoms with Crippen LogP contribution in [-0.4, -0.2) is 6.18 Å². The van der Waals surface area contributed by atoms with Crippen LogP contribution in [0.5, 0.6) is 0 Å². The third kappa shape index (κ3) is 5.46. The zero-order valence-electron chi connectivity index (χ0n) is 16.7. The van der Waals surface area contributed by atoms with Crippen molar-refractivity contribution in [2.24, 2.45) is 5.92 Å². The molecule has 0 radical (unpaired) electrons. The second kappa shape index (κ2) is 9.27. The summed E-state index contributed by atoms with van der Waals surface area (Å²) in [7, 11) is 0. The molecule has 0 spiro atoms. The fourth-order valence-electron chi connectivity index (χ4n) is 4.29. The molecule has 0 amide bonds. The molecule has 0 aliphatic heterocycles. The molecule has 0 bridgehead atoms. The fraction of sp³-hybridized carbons (Fsp3) is 0.417. The number of rotatable bonds is 5. The van der Waals surface area contributed by atoms with Gasteiger partial charge in [0.25, 0.3) is 0 Å². The normalized spacial score (nSPS) is 20.1. The van der Waals surface area contributed by atoms with E-state index in [4.69, 9.17) is 0 Å². The highest BCUT2D eigenvalue weighted by Gasteiger charge is 2.24. The number of halogens is 6. The number of hydrogen-bond acceptors (Lipinski definition) is 0. The van der Waals surface area contributed by atoms with E-state index in [9.17, 15) is 26.3 Å². The molecule has 0 atom stereocenters. The molecule has 1 aliphatic carbocycles. The van der Waals surface area contributed by atoms with Crippen molar-refractivity contribution in [1.82, 2.24) is 0 Å². The molecule has 0 saturated heterocycles. The summed E-state index contributed by atoms with van der Waals surface area (Å²) >= 11 is 0. The Morgan fingerprint density at radius 2 is 1.53 bits per heavy atom. The molecule has 2 aromatic carbocycles. The Morgan fingerprint density at radius 3 is 2.07 bits per heavy atom. The van der Waals surface area contributed by atoms with Gasteiger partial charge in [-0.2, -0.15) is 13.2 Å². The molecule has 162 valence electrons. The first-order chi connectivity index (χ1) is 14.2. The summed E-state index contributed by atoms with van der Waals surface area (Å²) in [5.41, 5.74) is 0.0289. The number of hydrogen-bond donors (Lipinski definition) is 0. The van der Waals surface area contributed by atoms with Crippen molar-refractivity contribution in [3.8, 4) is 11.1 Å². The Hall–Kier alpha value is -2.24. The van der Waals surface area contributed by atoms with Gasteiger partial charge in [0.15, 0.2) is 0 Å². The van der Waals surface area contributed by atoms with Crippen LogP contribution in [0.4, 0.5) is 26.3 Å². The smallest absolute Gasteiger partial charge is 0.206 e. The molecule has 30 heavy (non-hydrogen) atoms. The third-order valence-electron chi connectivity index (χ3n) is 5.84. The summed E-state index contributed by atoms with van der Waals surface area (Å²) in [6, 6.07) is 6.38. The van der Waals surface area contributed by atoms with Crippen molar-refractivity contribution in [3.63, 3.8) is 0 Å². The summed E-state index contributed by atoms with van der Waals surface area (Å²) in [5.74, 6) is -1.96. The van der Waals surface area contributed by atoms with Crippen molar-refractivity contribution in [2.45, 2.75) is 57.5 Å². The molecule has 1 aliphatic rings. The molecule has 0 aromatic heterocycles. The molecule has 2 aromatic rings. The van der Waals surface area contributed by atoms with Crippen molar-refractivity contribution in [3.05, 3.63) is 65.0 Å². The van der Waals surface area contributed by atoms with Gasteiger partial charge < -0.3 is 0 Å². The lowest BCUT2D eigenvalue weighted by atomic mass is 9.77. The van der Waals surface area contributed by atoms with Crippen LogP contribution in [0.3, 0.4) is 0 Å². The van der Waals surface area contributed by atoms with E-state index in [1.54, 1.807) is 6.07 Å². The molecule has 0 nitrogen and oxygen atoms in total. The van der Waals surface area contributed by atoms with Gasteiger partial charge in [-0.05, 0) is 72.9 Å². The SMILES string of the molecule is CCCC1CCC(c2ccc(-c3cc(F)c(/C=C/C(F)(F)F)c(F)c3)c(F)c2)CC1. The minimum atomic E-state index is -4.69. The molecule has 1 saturated carbocycles. The molecule has 0 heterocycles. The second-order valence-corrected chi connectivity index (χ2v) is 7.97. The maximum atomic E-state index is 14.7. The molecule has 3 rings (SSSR count). The standard InChI is InChI=1S/C24H24F6/c1-2-3-15-4-6-16(7-5-15)17-8-9-19(21(25)12-17)18-13-22(26)20(23(27)14-18)10-11-24(28,29)30/h8-16H,2-7H2,1H3/b11-10+. The predicted molar refractivity (Wildman–Crippen MR) is 106 cm³/mol. The lowest BCUT2D eigenvalue weighted by molar-refractivity contribution is -0.0790. The number of alkyl halides is 3. The number of benzene rings is 2. The first-order valence-corrected chi connectivity index (χ1v) is 10.2. The van der Waals surface area contributed by atoms with Crippen LogP contribution < -0.4 is 0 Å². The van der Waals surface area contributed by atoms with Gasteiger partial charge in [-0.25, -0.2) is 13.2 Å². The minimum absolute atomic E-state index is 0.0163. The lowest BCUT2D eigenvalue weighted by Gasteiger charge is -2.28. The van der Waals surface area contributed by atoms with E-state index in [1.807, 2.05) is 0 Å². The van der Waals surface area contributed by atoms with Crippen LogP contribution in [0.25, 0.3) is 17.2 Å². The van der Waals surface area contributed by atoms with Gasteiger partial charge in [0.1, 0.15) is 17.5 Å². The highest BCUT2D eigenvalue weighted by molar-refractivity contribution is 5.67. The van der Waals surface area contributed by atoms with Crippen LogP contribution in [-0.2, 0) is 0 Å². The van der Waals surface area contributed by atoms with E-state index < -0.39 is 29.2 Å². The van der Waals surface area contributed by atoms with Gasteiger partial charge in [0.2, 0.25) is 0 Å². The van der Waals surface area contributed by atoms with Crippen LogP contribution >= 0.6 is 0 Å². The van der Waals surface area contributed by atoms with Gasteiger partial charge in [-0.3, -0.25) is 0 Å². The van der Waals surface area contributed by atoms with Gasteiger partial charge >= 0.3 is 6.18 Å². The van der Waals surface area contributed by atoms with Crippen molar-refractivity contribution >= 4 is 6.08 Å². The average molecular weight is 426 g/mol. The Labute approximate surface area is 172 Å². The summed E-state index contributed by atoms with van der Waals surface area (Å²) < 4.78 is 79.9. The van der Waals surface area contributed by atoms with Crippen LogP contribution in [0.1, 0.15) is 62.5 Å². The Balaban J connectivity index is 1.81. The van der Waals surface area contributed by atoms with E-state index in [1.165, 1.54) is 18.6 Å². The van der Waals surface area contributed by atoms with Crippen molar-refractivity contribution in [1.29, 1.82) is 0 Å². The van der Waals surface area contributed by atoms with E-state index in [0.717, 1.165) is 55.7 Å². The topological polar surface area (TPSA) is 0 Å².